The fourth-order valence-corrected chi connectivity index (χ4v) is 4.15. The van der Waals surface area contributed by atoms with E-state index >= 15 is 0 Å². The van der Waals surface area contributed by atoms with E-state index in [1.165, 1.54) is 0 Å². The quantitative estimate of drug-likeness (QED) is 0.239. The number of hydrogen-bond donors (Lipinski definition) is 3. The van der Waals surface area contributed by atoms with Gasteiger partial charge < -0.3 is 24.8 Å². The van der Waals surface area contributed by atoms with Crippen molar-refractivity contribution < 1.29 is 9.47 Å². The van der Waals surface area contributed by atoms with Crippen LogP contribution in [0.2, 0.25) is 10.0 Å². The zero-order chi connectivity index (χ0) is 22.7. The second-order valence-corrected chi connectivity index (χ2v) is 8.74. The fourth-order valence-electron chi connectivity index (χ4n) is 3.23. The molecule has 6 nitrogen and oxygen atoms in total. The zero-order valence-electron chi connectivity index (χ0n) is 17.1. The van der Waals surface area contributed by atoms with Gasteiger partial charge in [0.05, 0.1) is 17.6 Å². The van der Waals surface area contributed by atoms with Crippen LogP contribution >= 0.6 is 39.1 Å². The maximum atomic E-state index is 11.5. The van der Waals surface area contributed by atoms with Gasteiger partial charge >= 0.3 is 5.69 Å². The van der Waals surface area contributed by atoms with Gasteiger partial charge in [-0.1, -0.05) is 45.2 Å². The van der Waals surface area contributed by atoms with Crippen LogP contribution in [0.1, 0.15) is 18.1 Å². The maximum Gasteiger partial charge on any atom is 0.323 e. The van der Waals surface area contributed by atoms with Crippen LogP contribution in [-0.4, -0.2) is 16.6 Å². The first-order valence-corrected chi connectivity index (χ1v) is 11.5. The molecule has 0 aliphatic rings. The minimum atomic E-state index is -0.225. The first-order chi connectivity index (χ1) is 15.4. The molecule has 32 heavy (non-hydrogen) atoms. The first kappa shape index (κ1) is 22.6. The van der Waals surface area contributed by atoms with Crippen molar-refractivity contribution >= 4 is 55.9 Å². The SMILES string of the molecule is CCOc1cc(CNc2ccc3[nH]c(=O)[nH]c3c2)c(Br)cc1OCc1ccc(Cl)cc1Cl. The van der Waals surface area contributed by atoms with Crippen molar-refractivity contribution in [2.45, 2.75) is 20.1 Å². The highest BCUT2D eigenvalue weighted by Gasteiger charge is 2.13. The van der Waals surface area contributed by atoms with Crippen molar-refractivity contribution in [2.24, 2.45) is 0 Å². The van der Waals surface area contributed by atoms with Gasteiger partial charge in [0.1, 0.15) is 6.61 Å². The second kappa shape index (κ2) is 9.90. The van der Waals surface area contributed by atoms with E-state index in [1.807, 2.05) is 43.3 Å². The molecule has 0 radical (unpaired) electrons. The minimum absolute atomic E-state index is 0.225. The number of hydrogen-bond acceptors (Lipinski definition) is 4. The van der Waals surface area contributed by atoms with Crippen molar-refractivity contribution in [1.82, 2.24) is 9.97 Å². The molecule has 0 saturated heterocycles. The lowest BCUT2D eigenvalue weighted by Crippen LogP contribution is -2.04. The summed E-state index contributed by atoms with van der Waals surface area (Å²) in [6.07, 6.45) is 0. The van der Waals surface area contributed by atoms with Crippen LogP contribution in [-0.2, 0) is 13.2 Å². The van der Waals surface area contributed by atoms with Gasteiger partial charge in [-0.3, -0.25) is 0 Å². The highest BCUT2D eigenvalue weighted by atomic mass is 79.9. The summed E-state index contributed by atoms with van der Waals surface area (Å²) < 4.78 is 12.7. The minimum Gasteiger partial charge on any atom is -0.490 e. The molecule has 0 fully saturated rings. The summed E-state index contributed by atoms with van der Waals surface area (Å²) in [4.78, 5) is 17.0. The first-order valence-electron chi connectivity index (χ1n) is 9.91. The Morgan fingerprint density at radius 3 is 2.50 bits per heavy atom. The molecule has 0 spiro atoms. The smallest absolute Gasteiger partial charge is 0.323 e. The van der Waals surface area contributed by atoms with Crippen molar-refractivity contribution in [3.63, 3.8) is 0 Å². The number of benzene rings is 3. The van der Waals surface area contributed by atoms with Crippen molar-refractivity contribution in [3.8, 4) is 11.5 Å². The van der Waals surface area contributed by atoms with Crippen LogP contribution in [0.4, 0.5) is 5.69 Å². The maximum absolute atomic E-state index is 11.5. The number of imidazole rings is 1. The summed E-state index contributed by atoms with van der Waals surface area (Å²) in [6, 6.07) is 14.8. The van der Waals surface area contributed by atoms with Gasteiger partial charge in [0.25, 0.3) is 0 Å². The van der Waals surface area contributed by atoms with Crippen LogP contribution in [0.25, 0.3) is 11.0 Å². The molecule has 4 rings (SSSR count). The summed E-state index contributed by atoms with van der Waals surface area (Å²) in [5, 5.41) is 4.50. The molecule has 0 aliphatic heterocycles. The molecule has 0 bridgehead atoms. The van der Waals surface area contributed by atoms with Gasteiger partial charge in [0, 0.05) is 32.3 Å². The average Bonchev–Trinajstić information content (AvgIpc) is 3.13. The van der Waals surface area contributed by atoms with Crippen molar-refractivity contribution in [2.75, 3.05) is 11.9 Å². The Hall–Kier alpha value is -2.61. The average molecular weight is 537 g/mol. The standard InChI is InChI=1S/C23H20BrCl2N3O3/c1-2-31-21-7-14(11-27-16-5-6-19-20(9-16)29-23(30)28-19)17(24)10-22(21)32-12-13-3-4-15(25)8-18(13)26/h3-10,27H,2,11-12H2,1H3,(H2,28,29,30). The van der Waals surface area contributed by atoms with Gasteiger partial charge in [0.15, 0.2) is 11.5 Å². The highest BCUT2D eigenvalue weighted by Crippen LogP contribution is 2.35. The molecule has 4 aromatic rings. The Balaban J connectivity index is 1.51. The molecule has 0 aliphatic carbocycles. The van der Waals surface area contributed by atoms with Gasteiger partial charge in [-0.15, -0.1) is 0 Å². The van der Waals surface area contributed by atoms with Crippen LogP contribution < -0.4 is 20.5 Å². The molecule has 0 atom stereocenters. The van der Waals surface area contributed by atoms with Gasteiger partial charge in [0.2, 0.25) is 0 Å². The number of ether oxygens (including phenoxy) is 2. The third-order valence-electron chi connectivity index (χ3n) is 4.81. The molecular formula is C23H20BrCl2N3O3. The molecule has 9 heteroatoms. The number of halogens is 3. The third-order valence-corrected chi connectivity index (χ3v) is 6.13. The molecule has 3 N–H and O–H groups in total. The third kappa shape index (κ3) is 5.23. The predicted molar refractivity (Wildman–Crippen MR) is 132 cm³/mol. The Kier molecular flexibility index (Phi) is 6.98. The van der Waals surface area contributed by atoms with Gasteiger partial charge in [-0.05, 0) is 55.0 Å². The molecule has 1 heterocycles. The Bertz CT molecular complexity index is 1320. The number of nitrogens with one attached hydrogen (secondary N) is 3. The van der Waals surface area contributed by atoms with E-state index in [0.29, 0.717) is 34.7 Å². The summed E-state index contributed by atoms with van der Waals surface area (Å²) in [5.41, 5.74) is 4.00. The number of fused-ring (bicyclic) bond motifs is 1. The van der Waals surface area contributed by atoms with Crippen LogP contribution in [0.3, 0.4) is 0 Å². The highest BCUT2D eigenvalue weighted by molar-refractivity contribution is 9.10. The van der Waals surface area contributed by atoms with E-state index in [0.717, 1.165) is 32.3 Å². The molecule has 1 aromatic heterocycles. The topological polar surface area (TPSA) is 79.1 Å². The summed E-state index contributed by atoms with van der Waals surface area (Å²) in [6.45, 7) is 3.26. The van der Waals surface area contributed by atoms with Crippen LogP contribution in [0.15, 0.2) is 57.8 Å². The monoisotopic (exact) mass is 535 g/mol. The fraction of sp³-hybridized carbons (Fsp3) is 0.174. The summed E-state index contributed by atoms with van der Waals surface area (Å²) in [7, 11) is 0. The molecule has 0 unspecified atom stereocenters. The number of anilines is 1. The molecule has 0 amide bonds. The van der Waals surface area contributed by atoms with Crippen LogP contribution in [0, 0.1) is 0 Å². The van der Waals surface area contributed by atoms with E-state index < -0.39 is 0 Å². The van der Waals surface area contributed by atoms with Crippen molar-refractivity contribution in [3.05, 3.63) is 84.7 Å². The Morgan fingerprint density at radius 1 is 0.938 bits per heavy atom. The van der Waals surface area contributed by atoms with E-state index in [-0.39, 0.29) is 12.3 Å². The lowest BCUT2D eigenvalue weighted by atomic mass is 10.2. The second-order valence-electron chi connectivity index (χ2n) is 7.04. The Morgan fingerprint density at radius 2 is 1.72 bits per heavy atom. The lowest BCUT2D eigenvalue weighted by Gasteiger charge is -2.16. The number of rotatable bonds is 8. The molecule has 166 valence electrons. The summed E-state index contributed by atoms with van der Waals surface area (Å²) >= 11 is 15.9. The molecule has 3 aromatic carbocycles. The van der Waals surface area contributed by atoms with E-state index in [2.05, 4.69) is 31.2 Å². The lowest BCUT2D eigenvalue weighted by molar-refractivity contribution is 0.269. The van der Waals surface area contributed by atoms with E-state index in [1.54, 1.807) is 12.1 Å². The predicted octanol–water partition coefficient (Wildman–Crippen LogP) is 6.52. The van der Waals surface area contributed by atoms with Gasteiger partial charge in [-0.2, -0.15) is 0 Å². The van der Waals surface area contributed by atoms with Crippen LogP contribution in [0.5, 0.6) is 11.5 Å². The Labute approximate surface area is 203 Å². The normalized spacial score (nSPS) is 11.0. The summed E-state index contributed by atoms with van der Waals surface area (Å²) in [5.74, 6) is 1.25. The number of H-pyrrole nitrogens is 2. The van der Waals surface area contributed by atoms with Gasteiger partial charge in [-0.25, -0.2) is 4.79 Å². The van der Waals surface area contributed by atoms with Crippen molar-refractivity contribution in [1.29, 1.82) is 0 Å². The zero-order valence-corrected chi connectivity index (χ0v) is 20.2. The molecular weight excluding hydrogens is 517 g/mol. The number of aromatic nitrogens is 2. The van der Waals surface area contributed by atoms with E-state index in [4.69, 9.17) is 32.7 Å². The largest absolute Gasteiger partial charge is 0.490 e. The molecule has 0 saturated carbocycles. The number of aromatic amines is 2. The van der Waals surface area contributed by atoms with E-state index in [9.17, 15) is 4.79 Å².